The van der Waals surface area contributed by atoms with E-state index >= 15 is 0 Å². The Morgan fingerprint density at radius 2 is 1.42 bits per heavy atom. The number of hydrogen-bond acceptors (Lipinski definition) is 4. The average Bonchev–Trinajstić information content (AvgIpc) is 2.72. The number of hydrogen-bond donors (Lipinski definition) is 0. The molecule has 1 aromatic rings. The average molecular weight is 449 g/mol. The highest BCUT2D eigenvalue weighted by Crippen LogP contribution is 2.60. The molecule has 6 nitrogen and oxygen atoms in total. The number of nitrogens with zero attached hydrogens (tertiary/aromatic N) is 2. The van der Waals surface area contributed by atoms with E-state index in [1.807, 2.05) is 4.90 Å². The summed E-state index contributed by atoms with van der Waals surface area (Å²) in [4.78, 5) is 15.8. The number of morpholine rings is 2. The van der Waals surface area contributed by atoms with Crippen LogP contribution in [0.25, 0.3) is 0 Å². The van der Waals surface area contributed by atoms with Gasteiger partial charge in [-0.05, 0) is 80.5 Å². The van der Waals surface area contributed by atoms with Crippen LogP contribution >= 0.6 is 0 Å². The number of halogens is 1. The first kappa shape index (κ1) is 20.1. The van der Waals surface area contributed by atoms with Crippen LogP contribution in [0.4, 0.5) is 4.39 Å². The summed E-state index contributed by atoms with van der Waals surface area (Å²) in [5.41, 5.74) is -0.180. The summed E-state index contributed by atoms with van der Waals surface area (Å²) in [6.45, 7) is 1.35. The highest BCUT2D eigenvalue weighted by Gasteiger charge is 2.56. The third-order valence-corrected chi connectivity index (χ3v) is 10.1. The summed E-state index contributed by atoms with van der Waals surface area (Å²) in [6.07, 6.45) is 6.38. The molecule has 0 radical (unpaired) electrons. The van der Waals surface area contributed by atoms with Crippen molar-refractivity contribution in [1.82, 2.24) is 9.21 Å². The van der Waals surface area contributed by atoms with E-state index in [1.165, 1.54) is 47.8 Å². The van der Waals surface area contributed by atoms with Crippen LogP contribution in [-0.4, -0.2) is 61.9 Å². The van der Waals surface area contributed by atoms with E-state index in [-0.39, 0.29) is 35.6 Å². The van der Waals surface area contributed by atoms with Crippen molar-refractivity contribution in [2.75, 3.05) is 26.2 Å². The normalized spacial score (nSPS) is 39.6. The van der Waals surface area contributed by atoms with Gasteiger partial charge in [-0.3, -0.25) is 4.79 Å². The Labute approximate surface area is 182 Å². The van der Waals surface area contributed by atoms with Crippen LogP contribution in [0, 0.1) is 29.0 Å². The predicted molar refractivity (Wildman–Crippen MR) is 111 cm³/mol. The predicted octanol–water partition coefficient (Wildman–Crippen LogP) is 2.64. The van der Waals surface area contributed by atoms with Crippen molar-refractivity contribution in [2.24, 2.45) is 23.2 Å². The summed E-state index contributed by atoms with van der Waals surface area (Å²) in [5, 5.41) is 0. The molecule has 2 heterocycles. The zero-order valence-electron chi connectivity index (χ0n) is 17.6. The fourth-order valence-corrected chi connectivity index (χ4v) is 8.98. The van der Waals surface area contributed by atoms with Crippen molar-refractivity contribution < 1.29 is 22.3 Å². The second-order valence-corrected chi connectivity index (χ2v) is 12.5. The van der Waals surface area contributed by atoms with E-state index in [0.29, 0.717) is 36.8 Å². The van der Waals surface area contributed by atoms with Crippen LogP contribution in [0.2, 0.25) is 0 Å². The number of amides is 1. The molecule has 8 heteroatoms. The summed E-state index contributed by atoms with van der Waals surface area (Å²) >= 11 is 0. The van der Waals surface area contributed by atoms with Crippen molar-refractivity contribution in [1.29, 1.82) is 0 Å². The van der Waals surface area contributed by atoms with E-state index in [0.717, 1.165) is 19.3 Å². The molecule has 6 fully saturated rings. The largest absolute Gasteiger partial charge is 0.369 e. The van der Waals surface area contributed by atoms with E-state index < -0.39 is 15.8 Å². The minimum atomic E-state index is -3.71. The number of fused-ring (bicyclic) bond motifs is 2. The number of sulfonamides is 1. The molecule has 31 heavy (non-hydrogen) atoms. The first-order valence-electron chi connectivity index (χ1n) is 11.5. The van der Waals surface area contributed by atoms with Crippen LogP contribution in [0.15, 0.2) is 29.2 Å². The summed E-state index contributed by atoms with van der Waals surface area (Å²) < 4.78 is 46.8. The number of rotatable bonds is 3. The molecule has 6 bridgehead atoms. The van der Waals surface area contributed by atoms with E-state index in [4.69, 9.17) is 4.74 Å². The van der Waals surface area contributed by atoms with Crippen molar-refractivity contribution in [3.63, 3.8) is 0 Å². The zero-order chi connectivity index (χ0) is 21.4. The third kappa shape index (κ3) is 3.33. The molecular weight excluding hydrogens is 419 g/mol. The van der Waals surface area contributed by atoms with Gasteiger partial charge in [-0.2, -0.15) is 4.31 Å². The number of ether oxygens (including phenoxy) is 1. The van der Waals surface area contributed by atoms with E-state index in [2.05, 4.69) is 0 Å². The standard InChI is InChI=1S/C23H29FN2O4S/c24-18-1-3-21(4-2-18)31(28,29)26-13-19-11-25(12-20(14-26)30-19)22(27)23-8-15-5-16(9-23)7-17(6-15)10-23/h1-4,15-17,19-20H,5-14H2/t15?,16?,17?,19-,20+,23?. The number of carbonyl (C=O) groups is 1. The van der Waals surface area contributed by atoms with Gasteiger partial charge in [-0.25, -0.2) is 12.8 Å². The SMILES string of the molecule is O=C(N1C[C@@H]2CN(S(=O)(=O)c3ccc(F)cc3)C[C@H](C1)O2)C12CC3CC(CC(C3)C1)C2. The lowest BCUT2D eigenvalue weighted by atomic mass is 9.49. The molecule has 2 atom stereocenters. The molecule has 6 aliphatic rings. The molecule has 0 aromatic heterocycles. The monoisotopic (exact) mass is 448 g/mol. The Kier molecular flexibility index (Phi) is 4.54. The Hall–Kier alpha value is -1.51. The maximum absolute atomic E-state index is 13.7. The van der Waals surface area contributed by atoms with E-state index in [9.17, 15) is 17.6 Å². The summed E-state index contributed by atoms with van der Waals surface area (Å²) in [6, 6.07) is 4.94. The van der Waals surface area contributed by atoms with Gasteiger partial charge >= 0.3 is 0 Å². The smallest absolute Gasteiger partial charge is 0.243 e. The lowest BCUT2D eigenvalue weighted by Crippen LogP contribution is -2.64. The molecule has 2 aliphatic heterocycles. The lowest BCUT2D eigenvalue weighted by Gasteiger charge is -2.57. The van der Waals surface area contributed by atoms with Crippen molar-refractivity contribution in [3.8, 4) is 0 Å². The van der Waals surface area contributed by atoms with Gasteiger partial charge in [0.2, 0.25) is 15.9 Å². The van der Waals surface area contributed by atoms with Crippen LogP contribution in [-0.2, 0) is 19.6 Å². The fraction of sp³-hybridized carbons (Fsp3) is 0.696. The van der Waals surface area contributed by atoms with Gasteiger partial charge in [-0.15, -0.1) is 0 Å². The molecule has 2 saturated heterocycles. The van der Waals surface area contributed by atoms with Crippen LogP contribution < -0.4 is 0 Å². The molecule has 168 valence electrons. The van der Waals surface area contributed by atoms with Gasteiger partial charge in [0.05, 0.1) is 22.5 Å². The molecule has 0 N–H and O–H groups in total. The molecule has 1 aromatic carbocycles. The maximum atomic E-state index is 13.7. The minimum Gasteiger partial charge on any atom is -0.369 e. The van der Waals surface area contributed by atoms with Gasteiger partial charge in [0, 0.05) is 26.2 Å². The Morgan fingerprint density at radius 3 is 1.94 bits per heavy atom. The van der Waals surface area contributed by atoms with Gasteiger partial charge in [0.15, 0.2) is 0 Å². The molecule has 0 unspecified atom stereocenters. The van der Waals surface area contributed by atoms with Gasteiger partial charge < -0.3 is 9.64 Å². The van der Waals surface area contributed by atoms with Gasteiger partial charge in [-0.1, -0.05) is 0 Å². The Bertz CT molecular complexity index is 946. The highest BCUT2D eigenvalue weighted by atomic mass is 32.2. The first-order chi connectivity index (χ1) is 14.8. The topological polar surface area (TPSA) is 66.9 Å². The van der Waals surface area contributed by atoms with E-state index in [1.54, 1.807) is 0 Å². The maximum Gasteiger partial charge on any atom is 0.243 e. The van der Waals surface area contributed by atoms with Gasteiger partial charge in [0.25, 0.3) is 0 Å². The summed E-state index contributed by atoms with van der Waals surface area (Å²) in [5.74, 6) is 1.97. The molecule has 1 amide bonds. The molecule has 0 spiro atoms. The van der Waals surface area contributed by atoms with Crippen molar-refractivity contribution >= 4 is 15.9 Å². The van der Waals surface area contributed by atoms with Gasteiger partial charge in [0.1, 0.15) is 5.82 Å². The fourth-order valence-electron chi connectivity index (χ4n) is 7.48. The molecule has 7 rings (SSSR count). The molecule has 4 aliphatic carbocycles. The molecule has 4 saturated carbocycles. The van der Waals surface area contributed by atoms with Crippen LogP contribution in [0.3, 0.4) is 0 Å². The zero-order valence-corrected chi connectivity index (χ0v) is 18.4. The Balaban J connectivity index is 1.18. The van der Waals surface area contributed by atoms with Crippen molar-refractivity contribution in [3.05, 3.63) is 30.1 Å². The number of carbonyl (C=O) groups excluding carboxylic acids is 1. The van der Waals surface area contributed by atoms with Crippen LogP contribution in [0.1, 0.15) is 38.5 Å². The Morgan fingerprint density at radius 1 is 0.903 bits per heavy atom. The van der Waals surface area contributed by atoms with Crippen LogP contribution in [0.5, 0.6) is 0 Å². The summed E-state index contributed by atoms with van der Waals surface area (Å²) in [7, 11) is -3.71. The third-order valence-electron chi connectivity index (χ3n) is 8.28. The highest BCUT2D eigenvalue weighted by molar-refractivity contribution is 7.89. The minimum absolute atomic E-state index is 0.0929. The molecular formula is C23H29FN2O4S. The lowest BCUT2D eigenvalue weighted by molar-refractivity contribution is -0.175. The van der Waals surface area contributed by atoms with Crippen molar-refractivity contribution in [2.45, 2.75) is 55.6 Å². The quantitative estimate of drug-likeness (QED) is 0.713. The first-order valence-corrected chi connectivity index (χ1v) is 13.0. The number of benzene rings is 1. The second kappa shape index (κ2) is 6.99. The second-order valence-electron chi connectivity index (χ2n) is 10.6.